The second-order valence-corrected chi connectivity index (χ2v) is 8.77. The maximum absolute atomic E-state index is 12.9. The molecule has 9 nitrogen and oxygen atoms in total. The number of anilines is 1. The lowest BCUT2D eigenvalue weighted by atomic mass is 10.2. The topological polar surface area (TPSA) is 133 Å². The molecule has 0 radical (unpaired) electrons. The Bertz CT molecular complexity index is 992. The lowest BCUT2D eigenvalue weighted by Crippen LogP contribution is -2.31. The molecule has 14 heteroatoms. The summed E-state index contributed by atoms with van der Waals surface area (Å²) in [6, 6.07) is 1.12. The molecule has 3 N–H and O–H groups in total. The third-order valence-corrected chi connectivity index (χ3v) is 6.15. The van der Waals surface area contributed by atoms with Gasteiger partial charge in [0, 0.05) is 6.54 Å². The number of sulfone groups is 1. The van der Waals surface area contributed by atoms with Gasteiger partial charge in [-0.1, -0.05) is 0 Å². The van der Waals surface area contributed by atoms with Crippen LogP contribution in [0.2, 0.25) is 0 Å². The van der Waals surface area contributed by atoms with E-state index in [1.54, 1.807) is 0 Å². The van der Waals surface area contributed by atoms with E-state index in [1.807, 2.05) is 0 Å². The van der Waals surface area contributed by atoms with E-state index in [4.69, 9.17) is 5.11 Å². The first-order chi connectivity index (χ1) is 13.3. The van der Waals surface area contributed by atoms with Crippen LogP contribution in [0, 0.1) is 3.57 Å². The quantitative estimate of drug-likeness (QED) is 0.271. The number of alkyl halides is 3. The van der Waals surface area contributed by atoms with Crippen LogP contribution in [0.4, 0.5) is 18.9 Å². The predicted molar refractivity (Wildman–Crippen MR) is 100 cm³/mol. The summed E-state index contributed by atoms with van der Waals surface area (Å²) >= 11 is 1.42. The van der Waals surface area contributed by atoms with Gasteiger partial charge >= 0.3 is 11.5 Å². The van der Waals surface area contributed by atoms with Crippen molar-refractivity contribution in [3.63, 3.8) is 0 Å². The molecule has 0 unspecified atom stereocenters. The molecule has 1 aromatic carbocycles. The number of methoxy groups -OCH3 is 1. The highest BCUT2D eigenvalue weighted by Crippen LogP contribution is 2.38. The van der Waals surface area contributed by atoms with E-state index in [0.29, 0.717) is 12.1 Å². The number of nitrogens with zero attached hydrogens (tertiary/aromatic N) is 1. The van der Waals surface area contributed by atoms with Crippen LogP contribution in [-0.4, -0.2) is 67.7 Å². The summed E-state index contributed by atoms with van der Waals surface area (Å²) in [7, 11) is -4.69. The summed E-state index contributed by atoms with van der Waals surface area (Å²) in [6.07, 6.45) is 0. The summed E-state index contributed by atoms with van der Waals surface area (Å²) in [5, 5.41) is 21.5. The molecule has 0 bridgehead atoms. The average molecular weight is 550 g/mol. The molecule has 0 aromatic heterocycles. The number of aliphatic hydroxyl groups is 1. The molecule has 0 atom stereocenters. The first-order valence-corrected chi connectivity index (χ1v) is 10.2. The molecule has 0 spiro atoms. The average Bonchev–Trinajstić information content (AvgIpc) is 2.93. The molecule has 0 aliphatic carbocycles. The first-order valence-electron chi connectivity index (χ1n) is 7.67. The number of ether oxygens (including phenoxy) is 1. The Morgan fingerprint density at radius 3 is 2.52 bits per heavy atom. The van der Waals surface area contributed by atoms with Gasteiger partial charge in [-0.25, -0.2) is 13.2 Å². The molecular formula is C15H14F3IN2O7S. The number of nitrogens with one attached hydrogen (secondary N) is 1. The minimum atomic E-state index is -5.73. The van der Waals surface area contributed by atoms with Gasteiger partial charge in [0.05, 0.1) is 40.0 Å². The summed E-state index contributed by atoms with van der Waals surface area (Å²) in [5.74, 6) is -2.34. The molecule has 1 aliphatic rings. The number of phenolic OH excluding ortho intramolecular Hbond substituents is 1. The summed E-state index contributed by atoms with van der Waals surface area (Å²) in [5.41, 5.74) is -6.74. The molecule has 0 saturated carbocycles. The highest BCUT2D eigenvalue weighted by Gasteiger charge is 2.47. The number of carbonyl (C=O) groups excluding carboxylic acids is 2. The lowest BCUT2D eigenvalue weighted by Gasteiger charge is -2.16. The van der Waals surface area contributed by atoms with Gasteiger partial charge in [0.15, 0.2) is 5.75 Å². The minimum Gasteiger partial charge on any atom is -0.505 e. The van der Waals surface area contributed by atoms with E-state index in [1.165, 1.54) is 22.6 Å². The largest absolute Gasteiger partial charge is 0.505 e. The number of carbonyl (C=O) groups is 2. The van der Waals surface area contributed by atoms with Crippen molar-refractivity contribution in [1.29, 1.82) is 0 Å². The van der Waals surface area contributed by atoms with Crippen LogP contribution in [0.3, 0.4) is 0 Å². The lowest BCUT2D eigenvalue weighted by molar-refractivity contribution is -0.136. The van der Waals surface area contributed by atoms with Crippen LogP contribution in [-0.2, 0) is 24.2 Å². The van der Waals surface area contributed by atoms with Crippen molar-refractivity contribution in [3.05, 3.63) is 27.0 Å². The number of aliphatic hydroxyl groups excluding tert-OH is 1. The van der Waals surface area contributed by atoms with Crippen molar-refractivity contribution in [2.24, 2.45) is 0 Å². The highest BCUT2D eigenvalue weighted by molar-refractivity contribution is 14.1. The number of hydrogen-bond acceptors (Lipinski definition) is 8. The molecule has 160 valence electrons. The third kappa shape index (κ3) is 4.42. The van der Waals surface area contributed by atoms with E-state index >= 15 is 0 Å². The van der Waals surface area contributed by atoms with E-state index in [0.717, 1.165) is 12.0 Å². The molecule has 0 saturated heterocycles. The number of amides is 1. The fourth-order valence-electron chi connectivity index (χ4n) is 2.44. The van der Waals surface area contributed by atoms with E-state index in [9.17, 15) is 36.3 Å². The van der Waals surface area contributed by atoms with Crippen molar-refractivity contribution in [3.8, 4) is 5.75 Å². The third-order valence-electron chi connectivity index (χ3n) is 3.87. The number of hydrogen-bond donors (Lipinski definition) is 3. The fraction of sp³-hybridized carbons (Fsp3) is 0.333. The number of aromatic hydroxyl groups is 1. The van der Waals surface area contributed by atoms with E-state index in [-0.39, 0.29) is 22.2 Å². The normalized spacial score (nSPS) is 15.1. The van der Waals surface area contributed by atoms with Crippen molar-refractivity contribution in [2.45, 2.75) is 10.4 Å². The molecule has 1 amide bonds. The van der Waals surface area contributed by atoms with Crippen LogP contribution < -0.4 is 5.32 Å². The summed E-state index contributed by atoms with van der Waals surface area (Å²) in [4.78, 5) is 24.3. The second kappa shape index (κ2) is 8.35. The molecule has 0 fully saturated rings. The molecular weight excluding hydrogens is 536 g/mol. The predicted octanol–water partition coefficient (Wildman–Crippen LogP) is 0.964. The maximum atomic E-state index is 12.9. The SMILES string of the molecule is COC(=O)C1=C(Nc2cc(S(=O)(=O)C(F)(F)F)cc(I)c2O)C(=O)N(CCO)C1. The van der Waals surface area contributed by atoms with Gasteiger partial charge in [-0.05, 0) is 34.7 Å². The van der Waals surface area contributed by atoms with Crippen molar-refractivity contribution in [1.82, 2.24) is 4.90 Å². The highest BCUT2D eigenvalue weighted by atomic mass is 127. The zero-order valence-electron chi connectivity index (χ0n) is 14.6. The Hall–Kier alpha value is -2.07. The van der Waals surface area contributed by atoms with E-state index in [2.05, 4.69) is 10.1 Å². The Kier molecular flexibility index (Phi) is 6.68. The van der Waals surface area contributed by atoms with Crippen LogP contribution in [0.5, 0.6) is 5.75 Å². The Morgan fingerprint density at radius 2 is 2.00 bits per heavy atom. The molecule has 2 rings (SSSR count). The van der Waals surface area contributed by atoms with Crippen LogP contribution in [0.25, 0.3) is 0 Å². The Morgan fingerprint density at radius 1 is 1.38 bits per heavy atom. The summed E-state index contributed by atoms with van der Waals surface area (Å²) < 4.78 is 66.3. The van der Waals surface area contributed by atoms with Crippen LogP contribution in [0.15, 0.2) is 28.3 Å². The van der Waals surface area contributed by atoms with Crippen molar-refractivity contribution >= 4 is 50.0 Å². The van der Waals surface area contributed by atoms with Gasteiger partial charge in [-0.3, -0.25) is 4.79 Å². The molecule has 29 heavy (non-hydrogen) atoms. The van der Waals surface area contributed by atoms with Crippen molar-refractivity contribution < 1.29 is 46.1 Å². The monoisotopic (exact) mass is 550 g/mol. The minimum absolute atomic E-state index is 0.142. The van der Waals surface area contributed by atoms with E-state index < -0.39 is 55.9 Å². The molecule has 1 aromatic rings. The summed E-state index contributed by atoms with van der Waals surface area (Å²) in [6.45, 7) is -0.820. The molecule has 1 heterocycles. The van der Waals surface area contributed by atoms with Gasteiger partial charge < -0.3 is 25.2 Å². The van der Waals surface area contributed by atoms with Gasteiger partial charge in [-0.2, -0.15) is 13.2 Å². The smallest absolute Gasteiger partial charge is 0.501 e. The number of benzene rings is 1. The first kappa shape index (κ1) is 23.2. The van der Waals surface area contributed by atoms with Crippen LogP contribution in [0.1, 0.15) is 0 Å². The van der Waals surface area contributed by atoms with Gasteiger partial charge in [0.2, 0.25) is 0 Å². The Balaban J connectivity index is 2.57. The zero-order valence-corrected chi connectivity index (χ0v) is 17.6. The van der Waals surface area contributed by atoms with Crippen LogP contribution >= 0.6 is 22.6 Å². The maximum Gasteiger partial charge on any atom is 0.501 e. The number of halogens is 4. The number of esters is 1. The Labute approximate surface area is 176 Å². The molecule has 1 aliphatic heterocycles. The number of phenols is 1. The standard InChI is InChI=1S/C15H14F3IN2O7S/c1-28-14(25)8-6-21(2-3-22)13(24)11(8)20-10-5-7(4-9(19)12(10)23)29(26,27)15(16,17)18/h4-5,20,22-23H,2-3,6H2,1H3. The zero-order chi connectivity index (χ0) is 22.1. The van der Waals surface area contributed by atoms with Gasteiger partial charge in [0.25, 0.3) is 15.7 Å². The van der Waals surface area contributed by atoms with Crippen molar-refractivity contribution in [2.75, 3.05) is 32.1 Å². The number of rotatable bonds is 6. The second-order valence-electron chi connectivity index (χ2n) is 5.67. The fourth-order valence-corrected chi connectivity index (χ4v) is 4.09. The van der Waals surface area contributed by atoms with Gasteiger partial charge in [0.1, 0.15) is 5.70 Å². The van der Waals surface area contributed by atoms with Gasteiger partial charge in [-0.15, -0.1) is 0 Å². The number of β-amino-alcohol motifs (C(OH)–C–C–N with tert-alkyl or cyclic N) is 1.